The molecule has 2 atom stereocenters. The molecule has 0 aromatic heterocycles. The standard InChI is InChI=1S/C40H74N2O5/c1-3-5-7-9-11-13-14-16-18-24-28-34-39(44)47-36(30-25-21-17-15-12-10-8-6-4-2)31-26-22-19-20-23-27-33-38(43)42-37(40(45)46)32-29-35-41/h9,11,25,30,36-37H,3-8,10,12-24,26-29,31-35,41H2,1-2H3,(H,42,43)(H,45,46)/b11-9-,30-25-. The Morgan fingerprint density at radius 2 is 1.13 bits per heavy atom. The molecule has 0 aromatic carbocycles. The van der Waals surface area contributed by atoms with Crippen molar-refractivity contribution in [3.63, 3.8) is 0 Å². The van der Waals surface area contributed by atoms with Crippen molar-refractivity contribution in [3.05, 3.63) is 24.3 Å². The van der Waals surface area contributed by atoms with Gasteiger partial charge in [0.15, 0.2) is 0 Å². The van der Waals surface area contributed by atoms with Crippen molar-refractivity contribution in [1.29, 1.82) is 0 Å². The number of esters is 1. The maximum Gasteiger partial charge on any atom is 0.326 e. The molecule has 0 fully saturated rings. The van der Waals surface area contributed by atoms with E-state index >= 15 is 0 Å². The van der Waals surface area contributed by atoms with Crippen LogP contribution in [0.4, 0.5) is 0 Å². The summed E-state index contributed by atoms with van der Waals surface area (Å²) in [5, 5.41) is 11.9. The van der Waals surface area contributed by atoms with Gasteiger partial charge >= 0.3 is 11.9 Å². The first kappa shape index (κ1) is 44.9. The fourth-order valence-corrected chi connectivity index (χ4v) is 5.69. The van der Waals surface area contributed by atoms with Crippen LogP contribution in [0.25, 0.3) is 0 Å². The number of nitrogens with one attached hydrogen (secondary N) is 1. The fraction of sp³-hybridized carbons (Fsp3) is 0.825. The number of amides is 1. The fourth-order valence-electron chi connectivity index (χ4n) is 5.69. The average Bonchev–Trinajstić information content (AvgIpc) is 3.05. The summed E-state index contributed by atoms with van der Waals surface area (Å²) in [5.41, 5.74) is 5.46. The Bertz CT molecular complexity index is 797. The molecular weight excluding hydrogens is 588 g/mol. The number of carboxylic acids is 1. The van der Waals surface area contributed by atoms with Gasteiger partial charge in [-0.15, -0.1) is 0 Å². The molecule has 0 aliphatic heterocycles. The van der Waals surface area contributed by atoms with Gasteiger partial charge in [0.2, 0.25) is 5.91 Å². The van der Waals surface area contributed by atoms with E-state index in [-0.39, 0.29) is 18.0 Å². The first-order valence-electron chi connectivity index (χ1n) is 19.7. The lowest BCUT2D eigenvalue weighted by molar-refractivity contribution is -0.147. The van der Waals surface area contributed by atoms with Gasteiger partial charge < -0.3 is 20.9 Å². The predicted molar refractivity (Wildman–Crippen MR) is 197 cm³/mol. The molecule has 0 rings (SSSR count). The van der Waals surface area contributed by atoms with Gasteiger partial charge in [0.25, 0.3) is 0 Å². The summed E-state index contributed by atoms with van der Waals surface area (Å²) < 4.78 is 5.93. The number of nitrogens with two attached hydrogens (primary N) is 1. The minimum Gasteiger partial charge on any atom is -0.480 e. The van der Waals surface area contributed by atoms with E-state index in [1.807, 2.05) is 0 Å². The van der Waals surface area contributed by atoms with E-state index in [9.17, 15) is 19.5 Å². The smallest absolute Gasteiger partial charge is 0.326 e. The third-order valence-electron chi connectivity index (χ3n) is 8.72. The molecule has 0 aromatic rings. The normalized spacial score (nSPS) is 12.9. The van der Waals surface area contributed by atoms with E-state index in [1.165, 1.54) is 89.9 Å². The molecule has 0 aliphatic carbocycles. The molecule has 0 heterocycles. The van der Waals surface area contributed by atoms with Crippen LogP contribution in [-0.4, -0.2) is 41.6 Å². The second kappa shape index (κ2) is 35.2. The molecule has 274 valence electrons. The number of carbonyl (C=O) groups is 3. The molecule has 47 heavy (non-hydrogen) atoms. The monoisotopic (exact) mass is 663 g/mol. The van der Waals surface area contributed by atoms with Crippen LogP contribution in [0.1, 0.15) is 194 Å². The quantitative estimate of drug-likeness (QED) is 0.0353. The van der Waals surface area contributed by atoms with Gasteiger partial charge in [-0.3, -0.25) is 9.59 Å². The zero-order valence-corrected chi connectivity index (χ0v) is 30.6. The first-order chi connectivity index (χ1) is 22.9. The number of hydrogen-bond donors (Lipinski definition) is 3. The first-order valence-corrected chi connectivity index (χ1v) is 19.7. The number of aliphatic carboxylic acids is 1. The van der Waals surface area contributed by atoms with Gasteiger partial charge in [-0.1, -0.05) is 128 Å². The van der Waals surface area contributed by atoms with Crippen LogP contribution in [0.15, 0.2) is 24.3 Å². The number of allylic oxidation sites excluding steroid dienone is 3. The molecule has 7 heteroatoms. The number of hydrogen-bond acceptors (Lipinski definition) is 5. The summed E-state index contributed by atoms with van der Waals surface area (Å²) >= 11 is 0. The van der Waals surface area contributed by atoms with Crippen molar-refractivity contribution >= 4 is 17.8 Å². The van der Waals surface area contributed by atoms with Crippen LogP contribution in [0.5, 0.6) is 0 Å². The highest BCUT2D eigenvalue weighted by Crippen LogP contribution is 2.16. The van der Waals surface area contributed by atoms with E-state index < -0.39 is 12.0 Å². The molecule has 4 N–H and O–H groups in total. The SMILES string of the molecule is CCCC/C=C\CCCCCCCC(=O)OC(/C=C\CCCCCCCCC)CCCCCCCCC(=O)NC(CCCN)C(=O)O. The third-order valence-corrected chi connectivity index (χ3v) is 8.72. The van der Waals surface area contributed by atoms with Crippen LogP contribution < -0.4 is 11.1 Å². The lowest BCUT2D eigenvalue weighted by Gasteiger charge is -2.15. The van der Waals surface area contributed by atoms with Gasteiger partial charge in [-0.25, -0.2) is 4.79 Å². The summed E-state index contributed by atoms with van der Waals surface area (Å²) in [6.45, 7) is 4.89. The van der Waals surface area contributed by atoms with E-state index in [0.717, 1.165) is 64.2 Å². The Hall–Kier alpha value is -2.15. The van der Waals surface area contributed by atoms with Crippen LogP contribution >= 0.6 is 0 Å². The summed E-state index contributed by atoms with van der Waals surface area (Å²) in [4.78, 5) is 36.1. The molecular formula is C40H74N2O5. The molecule has 0 radical (unpaired) electrons. The molecule has 0 bridgehead atoms. The molecule has 0 saturated carbocycles. The summed E-state index contributed by atoms with van der Waals surface area (Å²) in [5.74, 6) is -1.27. The van der Waals surface area contributed by atoms with E-state index in [1.54, 1.807) is 0 Å². The highest BCUT2D eigenvalue weighted by molar-refractivity contribution is 5.83. The Kier molecular flexibility index (Phi) is 33.6. The summed E-state index contributed by atoms with van der Waals surface area (Å²) in [6.07, 6.45) is 38.0. The van der Waals surface area contributed by atoms with Gasteiger partial charge in [0.1, 0.15) is 12.1 Å². The summed E-state index contributed by atoms with van der Waals surface area (Å²) in [7, 11) is 0. The second-order valence-electron chi connectivity index (χ2n) is 13.3. The van der Waals surface area contributed by atoms with Crippen LogP contribution in [0.2, 0.25) is 0 Å². The highest BCUT2D eigenvalue weighted by Gasteiger charge is 2.18. The second-order valence-corrected chi connectivity index (χ2v) is 13.3. The number of unbranched alkanes of at least 4 members (excludes halogenated alkanes) is 19. The molecule has 0 aliphatic rings. The highest BCUT2D eigenvalue weighted by atomic mass is 16.5. The van der Waals surface area contributed by atoms with Crippen molar-refractivity contribution in [2.45, 2.75) is 206 Å². The average molecular weight is 663 g/mol. The van der Waals surface area contributed by atoms with Crippen molar-refractivity contribution in [2.75, 3.05) is 6.54 Å². The largest absolute Gasteiger partial charge is 0.480 e. The lowest BCUT2D eigenvalue weighted by atomic mass is 10.0. The van der Waals surface area contributed by atoms with E-state index in [2.05, 4.69) is 43.5 Å². The number of carboxylic acid groups (broad SMARTS) is 1. The maximum absolute atomic E-state index is 12.7. The van der Waals surface area contributed by atoms with Crippen LogP contribution in [0, 0.1) is 0 Å². The molecule has 7 nitrogen and oxygen atoms in total. The molecule has 2 unspecified atom stereocenters. The zero-order valence-electron chi connectivity index (χ0n) is 30.6. The number of carbonyl (C=O) groups excluding carboxylic acids is 2. The predicted octanol–water partition coefficient (Wildman–Crippen LogP) is 10.5. The Morgan fingerprint density at radius 1 is 0.617 bits per heavy atom. The molecule has 0 saturated heterocycles. The third kappa shape index (κ3) is 32.2. The van der Waals surface area contributed by atoms with Gasteiger partial charge in [-0.05, 0) is 83.2 Å². The van der Waals surface area contributed by atoms with Crippen molar-refractivity contribution in [3.8, 4) is 0 Å². The Labute approximate surface area is 289 Å². The Balaban J connectivity index is 4.33. The number of ether oxygens (including phenoxy) is 1. The van der Waals surface area contributed by atoms with Gasteiger partial charge in [0, 0.05) is 12.8 Å². The van der Waals surface area contributed by atoms with E-state index in [4.69, 9.17) is 10.5 Å². The van der Waals surface area contributed by atoms with Crippen LogP contribution in [-0.2, 0) is 19.1 Å². The minimum absolute atomic E-state index is 0.0686. The van der Waals surface area contributed by atoms with Crippen molar-refractivity contribution < 1.29 is 24.2 Å². The lowest BCUT2D eigenvalue weighted by Crippen LogP contribution is -2.40. The number of rotatable bonds is 35. The van der Waals surface area contributed by atoms with Crippen LogP contribution in [0.3, 0.4) is 0 Å². The summed E-state index contributed by atoms with van der Waals surface area (Å²) in [6, 6.07) is -0.852. The van der Waals surface area contributed by atoms with E-state index in [0.29, 0.717) is 32.2 Å². The molecule has 0 spiro atoms. The van der Waals surface area contributed by atoms with Gasteiger partial charge in [0.05, 0.1) is 0 Å². The zero-order chi connectivity index (χ0) is 34.6. The van der Waals surface area contributed by atoms with Gasteiger partial charge in [-0.2, -0.15) is 0 Å². The van der Waals surface area contributed by atoms with Crippen molar-refractivity contribution in [1.82, 2.24) is 5.32 Å². The maximum atomic E-state index is 12.7. The molecule has 1 amide bonds. The Morgan fingerprint density at radius 3 is 1.72 bits per heavy atom. The minimum atomic E-state index is -1.00. The van der Waals surface area contributed by atoms with Crippen molar-refractivity contribution in [2.24, 2.45) is 5.73 Å². The topological polar surface area (TPSA) is 119 Å².